The highest BCUT2D eigenvalue weighted by Gasteiger charge is 2.31. The third-order valence-corrected chi connectivity index (χ3v) is 8.71. The van der Waals surface area contributed by atoms with E-state index in [9.17, 15) is 4.79 Å². The number of thiophene rings is 1. The van der Waals surface area contributed by atoms with Crippen LogP contribution in [0.25, 0.3) is 21.2 Å². The number of hydrogen-bond acceptors (Lipinski definition) is 4. The minimum atomic E-state index is 0.0428. The highest BCUT2D eigenvalue weighted by molar-refractivity contribution is 7.21. The maximum absolute atomic E-state index is 14.0. The molecule has 1 aliphatic carbocycles. The predicted molar refractivity (Wildman–Crippen MR) is 147 cm³/mol. The number of amides is 1. The fraction of sp³-hybridized carbons (Fsp3) is 0.310. The first kappa shape index (κ1) is 23.8. The van der Waals surface area contributed by atoms with Crippen LogP contribution >= 0.6 is 22.9 Å². The Bertz CT molecular complexity index is 1330. The van der Waals surface area contributed by atoms with Gasteiger partial charge in [-0.3, -0.25) is 4.79 Å². The minimum absolute atomic E-state index is 0.0428. The van der Waals surface area contributed by atoms with Crippen LogP contribution in [0.1, 0.15) is 47.8 Å². The Morgan fingerprint density at radius 1 is 1.06 bits per heavy atom. The first-order chi connectivity index (χ1) is 17.0. The summed E-state index contributed by atoms with van der Waals surface area (Å²) in [5.41, 5.74) is 3.27. The lowest BCUT2D eigenvalue weighted by molar-refractivity contribution is 0.0598. The summed E-state index contributed by atoms with van der Waals surface area (Å²) in [6.45, 7) is 2.88. The van der Waals surface area contributed by atoms with Crippen molar-refractivity contribution >= 4 is 44.7 Å². The van der Waals surface area contributed by atoms with Gasteiger partial charge in [-0.05, 0) is 67.0 Å². The fourth-order valence-electron chi connectivity index (χ4n) is 4.96. The Kier molecular flexibility index (Phi) is 7.07. The molecular weight excluding hydrogens is 474 g/mol. The molecule has 6 heteroatoms. The number of hydrogen-bond donors (Lipinski definition) is 1. The molecule has 2 aromatic carbocycles. The molecule has 0 unspecified atom stereocenters. The molecule has 0 atom stereocenters. The second-order valence-electron chi connectivity index (χ2n) is 9.47. The molecule has 1 amide bonds. The number of carbonyl (C=O) groups is 1. The topological polar surface area (TPSA) is 45.2 Å². The van der Waals surface area contributed by atoms with Crippen LogP contribution in [0.15, 0.2) is 66.9 Å². The van der Waals surface area contributed by atoms with E-state index in [1.807, 2.05) is 43.6 Å². The molecular formula is C29H30ClN3OS. The number of pyridine rings is 1. The van der Waals surface area contributed by atoms with E-state index < -0.39 is 0 Å². The lowest BCUT2D eigenvalue weighted by Gasteiger charge is -2.36. The van der Waals surface area contributed by atoms with E-state index in [0.29, 0.717) is 22.4 Å². The summed E-state index contributed by atoms with van der Waals surface area (Å²) in [6.07, 6.45) is 6.25. The Balaban J connectivity index is 1.46. The Morgan fingerprint density at radius 3 is 2.57 bits per heavy atom. The van der Waals surface area contributed by atoms with Gasteiger partial charge in [0.25, 0.3) is 5.91 Å². The van der Waals surface area contributed by atoms with E-state index in [-0.39, 0.29) is 11.9 Å². The van der Waals surface area contributed by atoms with Gasteiger partial charge in [0.1, 0.15) is 10.7 Å². The zero-order chi connectivity index (χ0) is 24.4. The number of aromatic nitrogens is 1. The molecule has 5 rings (SSSR count). The third-order valence-electron chi connectivity index (χ3n) is 7.05. The van der Waals surface area contributed by atoms with Crippen LogP contribution in [0.3, 0.4) is 0 Å². The largest absolute Gasteiger partial charge is 0.373 e. The summed E-state index contributed by atoms with van der Waals surface area (Å²) in [6, 6.07) is 20.7. The van der Waals surface area contributed by atoms with Crippen molar-refractivity contribution in [3.05, 3.63) is 82.3 Å². The quantitative estimate of drug-likeness (QED) is 0.291. The van der Waals surface area contributed by atoms with Gasteiger partial charge < -0.3 is 10.2 Å². The number of anilines is 1. The molecule has 2 heterocycles. The zero-order valence-electron chi connectivity index (χ0n) is 20.1. The molecule has 4 nitrogen and oxygen atoms in total. The van der Waals surface area contributed by atoms with Crippen molar-refractivity contribution in [2.24, 2.45) is 5.92 Å². The number of carbonyl (C=O) groups excluding carboxylic acids is 1. The Labute approximate surface area is 216 Å². The van der Waals surface area contributed by atoms with Gasteiger partial charge in [0.15, 0.2) is 0 Å². The predicted octanol–water partition coefficient (Wildman–Crippen LogP) is 7.88. The second kappa shape index (κ2) is 10.4. The molecule has 0 radical (unpaired) electrons. The van der Waals surface area contributed by atoms with Crippen molar-refractivity contribution in [2.45, 2.75) is 45.2 Å². The van der Waals surface area contributed by atoms with Crippen LogP contribution in [0.4, 0.5) is 5.82 Å². The number of nitrogens with one attached hydrogen (secondary N) is 1. The van der Waals surface area contributed by atoms with Gasteiger partial charge in [0.2, 0.25) is 0 Å². The number of rotatable bonds is 6. The second-order valence-corrected chi connectivity index (χ2v) is 10.9. The molecule has 0 bridgehead atoms. The lowest BCUT2D eigenvalue weighted by atomic mass is 9.86. The van der Waals surface area contributed by atoms with Gasteiger partial charge in [0, 0.05) is 41.5 Å². The summed E-state index contributed by atoms with van der Waals surface area (Å²) in [5, 5.41) is 4.60. The van der Waals surface area contributed by atoms with E-state index in [0.717, 1.165) is 58.3 Å². The molecule has 0 aliphatic heterocycles. The van der Waals surface area contributed by atoms with E-state index in [4.69, 9.17) is 11.6 Å². The summed E-state index contributed by atoms with van der Waals surface area (Å²) in [5.74, 6) is 1.60. The van der Waals surface area contributed by atoms with Crippen molar-refractivity contribution in [1.82, 2.24) is 9.88 Å². The first-order valence-electron chi connectivity index (χ1n) is 12.2. The monoisotopic (exact) mass is 503 g/mol. The summed E-state index contributed by atoms with van der Waals surface area (Å²) in [4.78, 5) is 21.2. The number of halogens is 1. The van der Waals surface area contributed by atoms with E-state index in [1.54, 1.807) is 0 Å². The molecule has 1 N–H and O–H groups in total. The molecule has 4 aromatic rings. The van der Waals surface area contributed by atoms with Crippen LogP contribution < -0.4 is 5.32 Å². The van der Waals surface area contributed by atoms with Crippen LogP contribution in [-0.2, 0) is 6.54 Å². The zero-order valence-corrected chi connectivity index (χ0v) is 21.7. The van der Waals surface area contributed by atoms with Crippen LogP contribution in [0, 0.1) is 5.92 Å². The molecule has 1 aliphatic rings. The SMILES string of the molecule is CNc1ccc(-c2cccc(CN(C(=O)c3sc4ccccc4c3Cl)[C@H]3CC[C@H](C)CC3)c2)cn1. The molecule has 35 heavy (non-hydrogen) atoms. The van der Waals surface area contributed by atoms with E-state index in [1.165, 1.54) is 11.3 Å². The molecule has 1 fully saturated rings. The van der Waals surface area contributed by atoms with E-state index >= 15 is 0 Å². The highest BCUT2D eigenvalue weighted by Crippen LogP contribution is 2.38. The number of fused-ring (bicyclic) bond motifs is 1. The van der Waals surface area contributed by atoms with Gasteiger partial charge in [-0.15, -0.1) is 11.3 Å². The third kappa shape index (κ3) is 5.07. The van der Waals surface area contributed by atoms with Crippen LogP contribution in [0.2, 0.25) is 5.02 Å². The molecule has 0 spiro atoms. The van der Waals surface area contributed by atoms with Gasteiger partial charge in [-0.25, -0.2) is 4.98 Å². The van der Waals surface area contributed by atoms with E-state index in [2.05, 4.69) is 52.5 Å². The smallest absolute Gasteiger partial charge is 0.266 e. The van der Waals surface area contributed by atoms with Crippen molar-refractivity contribution in [3.63, 3.8) is 0 Å². The van der Waals surface area contributed by atoms with Crippen molar-refractivity contribution in [1.29, 1.82) is 0 Å². The number of benzene rings is 2. The van der Waals surface area contributed by atoms with Crippen molar-refractivity contribution < 1.29 is 4.79 Å². The first-order valence-corrected chi connectivity index (χ1v) is 13.4. The maximum Gasteiger partial charge on any atom is 0.266 e. The summed E-state index contributed by atoms with van der Waals surface area (Å²) in [7, 11) is 1.86. The summed E-state index contributed by atoms with van der Waals surface area (Å²) < 4.78 is 1.05. The minimum Gasteiger partial charge on any atom is -0.373 e. The van der Waals surface area contributed by atoms with Gasteiger partial charge >= 0.3 is 0 Å². The van der Waals surface area contributed by atoms with Crippen molar-refractivity contribution in [3.8, 4) is 11.1 Å². The molecule has 2 aromatic heterocycles. The van der Waals surface area contributed by atoms with Crippen LogP contribution in [-0.4, -0.2) is 28.9 Å². The standard InChI is InChI=1S/C29H30ClN3OS/c1-19-10-13-23(14-11-19)33(29(34)28-27(30)24-8-3-4-9-25(24)35-28)18-20-6-5-7-21(16-20)22-12-15-26(31-2)32-17-22/h3-9,12,15-17,19,23H,10-11,13-14,18H2,1-2H3,(H,31,32)/t19-,23-. The average Bonchev–Trinajstić information content (AvgIpc) is 3.24. The molecule has 0 saturated heterocycles. The van der Waals surface area contributed by atoms with Gasteiger partial charge in [0.05, 0.1) is 5.02 Å². The average molecular weight is 504 g/mol. The molecule has 1 saturated carbocycles. The highest BCUT2D eigenvalue weighted by atomic mass is 35.5. The van der Waals surface area contributed by atoms with Gasteiger partial charge in [-0.2, -0.15) is 0 Å². The summed E-state index contributed by atoms with van der Waals surface area (Å²) >= 11 is 8.24. The maximum atomic E-state index is 14.0. The number of nitrogens with zero attached hydrogens (tertiary/aromatic N) is 2. The fourth-order valence-corrected chi connectivity index (χ4v) is 6.43. The Morgan fingerprint density at radius 2 is 1.86 bits per heavy atom. The molecule has 180 valence electrons. The lowest BCUT2D eigenvalue weighted by Crippen LogP contribution is -2.41. The van der Waals surface area contributed by atoms with Gasteiger partial charge in [-0.1, -0.05) is 54.9 Å². The van der Waals surface area contributed by atoms with Crippen LogP contribution in [0.5, 0.6) is 0 Å². The van der Waals surface area contributed by atoms with Crippen molar-refractivity contribution in [2.75, 3.05) is 12.4 Å². The normalized spacial score (nSPS) is 17.9. The Hall–Kier alpha value is -2.89.